The van der Waals surface area contributed by atoms with Crippen LogP contribution in [-0.4, -0.2) is 29.9 Å². The third kappa shape index (κ3) is 3.18. The molecule has 0 bridgehead atoms. The molecule has 0 saturated heterocycles. The highest BCUT2D eigenvalue weighted by molar-refractivity contribution is 7.07. The summed E-state index contributed by atoms with van der Waals surface area (Å²) in [6.07, 6.45) is 0. The van der Waals surface area contributed by atoms with Crippen LogP contribution in [0.1, 0.15) is 16.1 Å². The lowest BCUT2D eigenvalue weighted by Gasteiger charge is -2.13. The van der Waals surface area contributed by atoms with Gasteiger partial charge in [-0.3, -0.25) is 9.59 Å². The number of nitrogens with two attached hydrogens (primary N) is 1. The summed E-state index contributed by atoms with van der Waals surface area (Å²) in [5.74, 6) is -0.0861. The fourth-order valence-electron chi connectivity index (χ4n) is 1.69. The lowest BCUT2D eigenvalue weighted by molar-refractivity contribution is 0.0827. The van der Waals surface area contributed by atoms with E-state index in [0.717, 1.165) is 17.0 Å². The third-order valence-electron chi connectivity index (χ3n) is 2.75. The van der Waals surface area contributed by atoms with Crippen molar-refractivity contribution in [2.24, 2.45) is 0 Å². The Morgan fingerprint density at radius 1 is 1.45 bits per heavy atom. The van der Waals surface area contributed by atoms with E-state index in [1.807, 2.05) is 0 Å². The van der Waals surface area contributed by atoms with Gasteiger partial charge in [-0.05, 0) is 18.2 Å². The van der Waals surface area contributed by atoms with Crippen molar-refractivity contribution in [1.82, 2.24) is 9.88 Å². The summed E-state index contributed by atoms with van der Waals surface area (Å²) in [4.78, 5) is 27.1. The number of thiazole rings is 1. The molecule has 0 unspecified atom stereocenters. The average molecular weight is 292 g/mol. The molecule has 0 saturated carbocycles. The number of hydrogen-bond donors (Lipinski definition) is 3. The van der Waals surface area contributed by atoms with Crippen LogP contribution in [0.4, 0.5) is 11.4 Å². The van der Waals surface area contributed by atoms with Gasteiger partial charge >= 0.3 is 4.87 Å². The van der Waals surface area contributed by atoms with Crippen LogP contribution in [0.15, 0.2) is 28.4 Å². The molecule has 1 aromatic heterocycles. The number of aromatic nitrogens is 1. The van der Waals surface area contributed by atoms with Gasteiger partial charge in [0.05, 0.1) is 17.9 Å². The molecule has 4 N–H and O–H groups in total. The molecule has 6 nitrogen and oxygen atoms in total. The number of nitrogen functional groups attached to an aromatic ring is 1. The molecule has 1 amide bonds. The number of anilines is 2. The predicted octanol–water partition coefficient (Wildman–Crippen LogP) is 1.33. The topological polar surface area (TPSA) is 91.2 Å². The Bertz CT molecular complexity index is 675. The van der Waals surface area contributed by atoms with Gasteiger partial charge in [0.25, 0.3) is 5.91 Å². The van der Waals surface area contributed by atoms with Crippen molar-refractivity contribution in [1.29, 1.82) is 0 Å². The summed E-state index contributed by atoms with van der Waals surface area (Å²) in [7, 11) is 3.39. The number of H-pyrrole nitrogens is 1. The Morgan fingerprint density at radius 2 is 2.20 bits per heavy atom. The Hall–Kier alpha value is -2.28. The summed E-state index contributed by atoms with van der Waals surface area (Å²) in [5.41, 5.74) is 8.44. The maximum atomic E-state index is 11.9. The minimum atomic E-state index is -0.0914. The highest BCUT2D eigenvalue weighted by Gasteiger charge is 2.10. The van der Waals surface area contributed by atoms with Crippen LogP contribution in [0.3, 0.4) is 0 Å². The van der Waals surface area contributed by atoms with Gasteiger partial charge in [-0.15, -0.1) is 0 Å². The number of hydrogen-bond acceptors (Lipinski definition) is 5. The zero-order valence-electron chi connectivity index (χ0n) is 11.3. The van der Waals surface area contributed by atoms with Crippen LogP contribution in [0.2, 0.25) is 0 Å². The number of nitrogens with zero attached hydrogens (tertiary/aromatic N) is 1. The summed E-state index contributed by atoms with van der Waals surface area (Å²) < 4.78 is 0. The standard InChI is InChI=1S/C13H16N4O2S/c1-17(2)12(18)8-3-4-10(14)11(5-8)15-6-9-7-20-13(19)16-9/h3-5,7,15H,6,14H2,1-2H3,(H,16,19). The van der Waals surface area contributed by atoms with Gasteiger partial charge < -0.3 is 20.9 Å². The number of rotatable bonds is 4. The lowest BCUT2D eigenvalue weighted by atomic mass is 10.1. The minimum Gasteiger partial charge on any atom is -0.397 e. The van der Waals surface area contributed by atoms with Crippen LogP contribution >= 0.6 is 11.3 Å². The molecule has 0 aliphatic heterocycles. The molecule has 2 rings (SSSR count). The van der Waals surface area contributed by atoms with Crippen molar-refractivity contribution in [3.63, 3.8) is 0 Å². The first-order valence-electron chi connectivity index (χ1n) is 5.99. The zero-order valence-corrected chi connectivity index (χ0v) is 12.1. The van der Waals surface area contributed by atoms with Gasteiger partial charge in [0.15, 0.2) is 0 Å². The zero-order chi connectivity index (χ0) is 14.7. The summed E-state index contributed by atoms with van der Waals surface area (Å²) in [6.45, 7) is 0.447. The fourth-order valence-corrected chi connectivity index (χ4v) is 2.27. The second-order valence-electron chi connectivity index (χ2n) is 4.53. The molecular weight excluding hydrogens is 276 g/mol. The summed E-state index contributed by atoms with van der Waals surface area (Å²) in [6, 6.07) is 5.09. The minimum absolute atomic E-state index is 0.0861. The Balaban J connectivity index is 2.16. The number of carbonyl (C=O) groups excluding carboxylic acids is 1. The van der Waals surface area contributed by atoms with Crippen LogP contribution in [0.5, 0.6) is 0 Å². The molecule has 20 heavy (non-hydrogen) atoms. The second kappa shape index (κ2) is 5.79. The van der Waals surface area contributed by atoms with E-state index in [2.05, 4.69) is 10.3 Å². The van der Waals surface area contributed by atoms with Crippen molar-refractivity contribution in [2.45, 2.75) is 6.54 Å². The number of amides is 1. The third-order valence-corrected chi connectivity index (χ3v) is 3.47. The van der Waals surface area contributed by atoms with E-state index < -0.39 is 0 Å². The van der Waals surface area contributed by atoms with E-state index >= 15 is 0 Å². The predicted molar refractivity (Wildman–Crippen MR) is 81.1 cm³/mol. The maximum absolute atomic E-state index is 11.9. The normalized spacial score (nSPS) is 10.3. The van der Waals surface area contributed by atoms with Crippen molar-refractivity contribution >= 4 is 28.6 Å². The Kier molecular flexibility index (Phi) is 4.09. The van der Waals surface area contributed by atoms with Crippen molar-refractivity contribution < 1.29 is 4.79 Å². The molecule has 0 fully saturated rings. The molecular formula is C13H16N4O2S. The van der Waals surface area contributed by atoms with Crippen molar-refractivity contribution in [3.05, 3.63) is 44.5 Å². The second-order valence-corrected chi connectivity index (χ2v) is 5.37. The number of carbonyl (C=O) groups is 1. The highest BCUT2D eigenvalue weighted by atomic mass is 32.1. The number of aromatic amines is 1. The highest BCUT2D eigenvalue weighted by Crippen LogP contribution is 2.21. The fraction of sp³-hybridized carbons (Fsp3) is 0.231. The SMILES string of the molecule is CN(C)C(=O)c1ccc(N)c(NCc2csc(=O)[nH]2)c1. The molecule has 106 valence electrons. The van der Waals surface area contributed by atoms with Crippen LogP contribution in [0.25, 0.3) is 0 Å². The van der Waals surface area contributed by atoms with Gasteiger partial charge in [0, 0.05) is 30.7 Å². The van der Waals surface area contributed by atoms with Crippen LogP contribution in [0, 0.1) is 0 Å². The number of nitrogens with one attached hydrogen (secondary N) is 2. The molecule has 0 atom stereocenters. The Labute approximate surface area is 120 Å². The monoisotopic (exact) mass is 292 g/mol. The lowest BCUT2D eigenvalue weighted by Crippen LogP contribution is -2.21. The van der Waals surface area contributed by atoms with Gasteiger partial charge in [-0.1, -0.05) is 11.3 Å². The average Bonchev–Trinajstić information content (AvgIpc) is 2.82. The number of benzene rings is 1. The van der Waals surface area contributed by atoms with E-state index in [1.165, 1.54) is 4.90 Å². The van der Waals surface area contributed by atoms with Crippen molar-refractivity contribution in [3.8, 4) is 0 Å². The van der Waals surface area contributed by atoms with E-state index in [4.69, 9.17) is 5.73 Å². The van der Waals surface area contributed by atoms with Crippen molar-refractivity contribution in [2.75, 3.05) is 25.1 Å². The van der Waals surface area contributed by atoms with Gasteiger partial charge in [0.2, 0.25) is 0 Å². The quantitative estimate of drug-likeness (QED) is 0.741. The van der Waals surface area contributed by atoms with Gasteiger partial charge in [-0.25, -0.2) is 0 Å². The van der Waals surface area contributed by atoms with E-state index in [1.54, 1.807) is 37.7 Å². The first-order valence-corrected chi connectivity index (χ1v) is 6.87. The first kappa shape index (κ1) is 14.1. The molecule has 2 aromatic rings. The summed E-state index contributed by atoms with van der Waals surface area (Å²) in [5, 5.41) is 4.87. The maximum Gasteiger partial charge on any atom is 0.304 e. The van der Waals surface area contributed by atoms with Gasteiger partial charge in [-0.2, -0.15) is 0 Å². The Morgan fingerprint density at radius 3 is 2.80 bits per heavy atom. The largest absolute Gasteiger partial charge is 0.397 e. The first-order chi connectivity index (χ1) is 9.47. The van der Waals surface area contributed by atoms with E-state index in [9.17, 15) is 9.59 Å². The molecule has 1 aromatic carbocycles. The molecule has 0 aliphatic rings. The van der Waals surface area contributed by atoms with E-state index in [0.29, 0.717) is 23.5 Å². The van der Waals surface area contributed by atoms with Crippen LogP contribution < -0.4 is 15.9 Å². The molecule has 1 heterocycles. The van der Waals surface area contributed by atoms with Crippen LogP contribution in [-0.2, 0) is 6.54 Å². The molecule has 0 radical (unpaired) electrons. The molecule has 0 aliphatic carbocycles. The molecule has 7 heteroatoms. The van der Waals surface area contributed by atoms with E-state index in [-0.39, 0.29) is 10.8 Å². The van der Waals surface area contributed by atoms with Gasteiger partial charge in [0.1, 0.15) is 0 Å². The molecule has 0 spiro atoms. The summed E-state index contributed by atoms with van der Waals surface area (Å²) >= 11 is 1.11. The smallest absolute Gasteiger partial charge is 0.304 e.